The molecule has 0 atom stereocenters. The van der Waals surface area contributed by atoms with Gasteiger partial charge in [0, 0.05) is 10.9 Å². The summed E-state index contributed by atoms with van der Waals surface area (Å²) in [5.74, 6) is 1.96. The molecule has 3 aromatic heterocycles. The van der Waals surface area contributed by atoms with Crippen molar-refractivity contribution in [1.82, 2.24) is 14.6 Å². The van der Waals surface area contributed by atoms with E-state index in [0.29, 0.717) is 17.1 Å². The van der Waals surface area contributed by atoms with E-state index in [-0.39, 0.29) is 0 Å². The van der Waals surface area contributed by atoms with Crippen LogP contribution in [0.1, 0.15) is 10.6 Å². The van der Waals surface area contributed by atoms with Crippen LogP contribution >= 0.6 is 11.3 Å². The summed E-state index contributed by atoms with van der Waals surface area (Å²) in [7, 11) is 3.21. The standard InChI is InChI=1S/C16H15N3O3S/c1-8-10-5-6-12(20-3)15(21-4)14(10)22-13(8)11-7-19-16(17-11)23-9(2)18-19/h5-7H,1-4H3. The number of hydrogen-bond donors (Lipinski definition) is 0. The van der Waals surface area contributed by atoms with Gasteiger partial charge in [-0.05, 0) is 26.0 Å². The molecule has 0 saturated heterocycles. The predicted molar refractivity (Wildman–Crippen MR) is 88.7 cm³/mol. The van der Waals surface area contributed by atoms with Crippen molar-refractivity contribution >= 4 is 27.3 Å². The number of aromatic nitrogens is 3. The minimum Gasteiger partial charge on any atom is -0.493 e. The number of benzene rings is 1. The first kappa shape index (κ1) is 14.1. The number of nitrogens with zero attached hydrogens (tertiary/aromatic N) is 3. The molecule has 4 aromatic rings. The van der Waals surface area contributed by atoms with Crippen LogP contribution in [0.2, 0.25) is 0 Å². The van der Waals surface area contributed by atoms with Crippen LogP contribution in [0.15, 0.2) is 22.7 Å². The fraction of sp³-hybridized carbons (Fsp3) is 0.250. The van der Waals surface area contributed by atoms with Crippen molar-refractivity contribution in [2.75, 3.05) is 14.2 Å². The number of imidazole rings is 1. The van der Waals surface area contributed by atoms with Gasteiger partial charge in [0.25, 0.3) is 0 Å². The van der Waals surface area contributed by atoms with Crippen molar-refractivity contribution in [2.45, 2.75) is 13.8 Å². The van der Waals surface area contributed by atoms with Crippen LogP contribution < -0.4 is 9.47 Å². The lowest BCUT2D eigenvalue weighted by molar-refractivity contribution is 0.354. The first-order valence-corrected chi connectivity index (χ1v) is 7.91. The summed E-state index contributed by atoms with van der Waals surface area (Å²) in [6.45, 7) is 3.97. The van der Waals surface area contributed by atoms with E-state index < -0.39 is 0 Å². The Balaban J connectivity index is 1.96. The fourth-order valence-corrected chi connectivity index (χ4v) is 3.47. The quantitative estimate of drug-likeness (QED) is 0.571. The molecular weight excluding hydrogens is 314 g/mol. The molecule has 0 saturated carbocycles. The van der Waals surface area contributed by atoms with Crippen LogP contribution in [0, 0.1) is 13.8 Å². The number of rotatable bonds is 3. The zero-order chi connectivity index (χ0) is 16.1. The third kappa shape index (κ3) is 2.00. The molecule has 1 aromatic carbocycles. The molecule has 0 amide bonds. The van der Waals surface area contributed by atoms with E-state index in [0.717, 1.165) is 32.4 Å². The molecule has 0 unspecified atom stereocenters. The number of aryl methyl sites for hydroxylation is 2. The summed E-state index contributed by atoms with van der Waals surface area (Å²) < 4.78 is 18.6. The summed E-state index contributed by atoms with van der Waals surface area (Å²) in [4.78, 5) is 5.46. The maximum atomic E-state index is 6.07. The number of furan rings is 1. The fourth-order valence-electron chi connectivity index (χ4n) is 2.75. The number of ether oxygens (including phenoxy) is 2. The van der Waals surface area contributed by atoms with Crippen LogP contribution in [0.25, 0.3) is 27.4 Å². The highest BCUT2D eigenvalue weighted by Gasteiger charge is 2.21. The highest BCUT2D eigenvalue weighted by atomic mass is 32.1. The van der Waals surface area contributed by atoms with Crippen molar-refractivity contribution in [3.63, 3.8) is 0 Å². The van der Waals surface area contributed by atoms with Crippen LogP contribution in [0.5, 0.6) is 11.5 Å². The van der Waals surface area contributed by atoms with E-state index in [1.807, 2.05) is 32.2 Å². The Morgan fingerprint density at radius 2 is 2.00 bits per heavy atom. The van der Waals surface area contributed by atoms with E-state index in [9.17, 15) is 0 Å². The Labute approximate surface area is 136 Å². The molecule has 0 bridgehead atoms. The second kappa shape index (κ2) is 4.99. The second-order valence-electron chi connectivity index (χ2n) is 5.21. The van der Waals surface area contributed by atoms with Crippen molar-refractivity contribution in [3.8, 4) is 23.0 Å². The lowest BCUT2D eigenvalue weighted by atomic mass is 10.1. The van der Waals surface area contributed by atoms with Gasteiger partial charge in [0.05, 0.1) is 20.4 Å². The summed E-state index contributed by atoms with van der Waals surface area (Å²) in [5, 5.41) is 6.35. The lowest BCUT2D eigenvalue weighted by Crippen LogP contribution is -1.90. The zero-order valence-electron chi connectivity index (χ0n) is 13.2. The van der Waals surface area contributed by atoms with Gasteiger partial charge in [-0.25, -0.2) is 9.50 Å². The van der Waals surface area contributed by atoms with Gasteiger partial charge < -0.3 is 13.9 Å². The zero-order valence-corrected chi connectivity index (χ0v) is 14.0. The summed E-state index contributed by atoms with van der Waals surface area (Å²) >= 11 is 1.55. The minimum absolute atomic E-state index is 0.592. The normalized spacial score (nSPS) is 11.5. The maximum absolute atomic E-state index is 6.07. The molecular formula is C16H15N3O3S. The Kier molecular flexibility index (Phi) is 3.05. The molecule has 0 aliphatic heterocycles. The molecule has 0 aliphatic rings. The van der Waals surface area contributed by atoms with E-state index in [1.54, 1.807) is 30.1 Å². The van der Waals surface area contributed by atoms with Gasteiger partial charge in [-0.3, -0.25) is 0 Å². The Morgan fingerprint density at radius 1 is 1.17 bits per heavy atom. The second-order valence-corrected chi connectivity index (χ2v) is 6.37. The molecule has 0 fully saturated rings. The number of fused-ring (bicyclic) bond motifs is 2. The average Bonchev–Trinajstić information content (AvgIpc) is 3.17. The maximum Gasteiger partial charge on any atom is 0.212 e. The van der Waals surface area contributed by atoms with Crippen molar-refractivity contribution in [3.05, 3.63) is 28.9 Å². The Hall–Kier alpha value is -2.54. The van der Waals surface area contributed by atoms with Gasteiger partial charge in [0.1, 0.15) is 10.7 Å². The summed E-state index contributed by atoms with van der Waals surface area (Å²) in [6, 6.07) is 3.85. The molecule has 0 N–H and O–H groups in total. The third-order valence-electron chi connectivity index (χ3n) is 3.83. The van der Waals surface area contributed by atoms with Gasteiger partial charge in [-0.15, -0.1) is 0 Å². The summed E-state index contributed by atoms with van der Waals surface area (Å²) in [6.07, 6.45) is 1.88. The number of hydrogen-bond acceptors (Lipinski definition) is 6. The van der Waals surface area contributed by atoms with Crippen molar-refractivity contribution in [2.24, 2.45) is 0 Å². The van der Waals surface area contributed by atoms with E-state index in [4.69, 9.17) is 13.9 Å². The smallest absolute Gasteiger partial charge is 0.212 e. The van der Waals surface area contributed by atoms with Crippen LogP contribution in [0.3, 0.4) is 0 Å². The number of methoxy groups -OCH3 is 2. The van der Waals surface area contributed by atoms with E-state index in [1.165, 1.54) is 0 Å². The molecule has 0 aliphatic carbocycles. The van der Waals surface area contributed by atoms with Gasteiger partial charge in [-0.1, -0.05) is 11.3 Å². The van der Waals surface area contributed by atoms with Crippen molar-refractivity contribution in [1.29, 1.82) is 0 Å². The van der Waals surface area contributed by atoms with Gasteiger partial charge in [0.2, 0.25) is 10.7 Å². The molecule has 0 spiro atoms. The highest BCUT2D eigenvalue weighted by Crippen LogP contribution is 2.41. The predicted octanol–water partition coefficient (Wildman–Crippen LogP) is 3.84. The SMILES string of the molecule is COc1ccc2c(C)c(-c3cn4nc(C)sc4n3)oc2c1OC. The van der Waals surface area contributed by atoms with Crippen LogP contribution in [-0.2, 0) is 0 Å². The van der Waals surface area contributed by atoms with Gasteiger partial charge in [0.15, 0.2) is 17.1 Å². The lowest BCUT2D eigenvalue weighted by Gasteiger charge is -2.06. The van der Waals surface area contributed by atoms with Crippen LogP contribution in [0.4, 0.5) is 0 Å². The van der Waals surface area contributed by atoms with Crippen LogP contribution in [-0.4, -0.2) is 28.8 Å². The summed E-state index contributed by atoms with van der Waals surface area (Å²) in [5.41, 5.74) is 2.45. The van der Waals surface area contributed by atoms with Gasteiger partial charge >= 0.3 is 0 Å². The third-order valence-corrected chi connectivity index (χ3v) is 4.66. The molecule has 23 heavy (non-hydrogen) atoms. The Bertz CT molecular complexity index is 997. The average molecular weight is 329 g/mol. The largest absolute Gasteiger partial charge is 0.493 e. The minimum atomic E-state index is 0.592. The highest BCUT2D eigenvalue weighted by molar-refractivity contribution is 7.16. The molecule has 0 radical (unpaired) electrons. The molecule has 118 valence electrons. The van der Waals surface area contributed by atoms with Crippen molar-refractivity contribution < 1.29 is 13.9 Å². The topological polar surface area (TPSA) is 61.8 Å². The monoisotopic (exact) mass is 329 g/mol. The molecule has 3 heterocycles. The van der Waals surface area contributed by atoms with Gasteiger partial charge in [-0.2, -0.15) is 5.10 Å². The van der Waals surface area contributed by atoms with E-state index in [2.05, 4.69) is 10.1 Å². The molecule has 6 nitrogen and oxygen atoms in total. The first-order chi connectivity index (χ1) is 11.1. The molecule has 7 heteroatoms. The van der Waals surface area contributed by atoms with E-state index >= 15 is 0 Å². The molecule has 4 rings (SSSR count). The Morgan fingerprint density at radius 3 is 2.70 bits per heavy atom. The first-order valence-electron chi connectivity index (χ1n) is 7.09.